The van der Waals surface area contributed by atoms with Gasteiger partial charge in [0.15, 0.2) is 0 Å². The zero-order valence-electron chi connectivity index (χ0n) is 9.11. The van der Waals surface area contributed by atoms with Crippen LogP contribution < -0.4 is 11.1 Å². The lowest BCUT2D eigenvalue weighted by Gasteiger charge is -2.16. The Morgan fingerprint density at radius 3 is 2.73 bits per heavy atom. The molecule has 0 aromatic heterocycles. The fraction of sp³-hybridized carbons (Fsp3) is 0.900. The predicted molar refractivity (Wildman–Crippen MR) is 61.8 cm³/mol. The first-order chi connectivity index (χ1) is 6.65. The van der Waals surface area contributed by atoms with Crippen molar-refractivity contribution >= 4 is 18.3 Å². The lowest BCUT2D eigenvalue weighted by molar-refractivity contribution is -0.124. The number of aliphatic hydroxyl groups excluding tert-OH is 1. The quantitative estimate of drug-likeness (QED) is 0.657. The largest absolute Gasteiger partial charge is 0.393 e. The summed E-state index contributed by atoms with van der Waals surface area (Å²) in [4.78, 5) is 11.4. The molecule has 5 heteroatoms. The molecular weight excluding hydrogens is 216 g/mol. The van der Waals surface area contributed by atoms with E-state index in [0.717, 1.165) is 19.3 Å². The minimum absolute atomic E-state index is 0. The first kappa shape index (κ1) is 14.7. The van der Waals surface area contributed by atoms with Gasteiger partial charge in [-0.05, 0) is 12.8 Å². The Morgan fingerprint density at radius 1 is 1.60 bits per heavy atom. The van der Waals surface area contributed by atoms with Crippen LogP contribution in [0.4, 0.5) is 0 Å². The normalized spacial score (nSPS) is 26.9. The van der Waals surface area contributed by atoms with Crippen LogP contribution in [-0.4, -0.2) is 30.2 Å². The number of aliphatic hydroxyl groups is 1. The van der Waals surface area contributed by atoms with E-state index < -0.39 is 0 Å². The number of rotatable bonds is 4. The molecule has 1 fully saturated rings. The molecule has 90 valence electrons. The van der Waals surface area contributed by atoms with Crippen molar-refractivity contribution in [3.63, 3.8) is 0 Å². The Morgan fingerprint density at radius 2 is 2.27 bits per heavy atom. The number of amides is 1. The van der Waals surface area contributed by atoms with E-state index in [9.17, 15) is 9.90 Å². The number of carbonyl (C=O) groups is 1. The summed E-state index contributed by atoms with van der Waals surface area (Å²) < 4.78 is 0. The van der Waals surface area contributed by atoms with Crippen LogP contribution in [0.1, 0.15) is 26.2 Å². The molecule has 0 saturated heterocycles. The van der Waals surface area contributed by atoms with E-state index >= 15 is 0 Å². The van der Waals surface area contributed by atoms with Gasteiger partial charge in [-0.25, -0.2) is 0 Å². The molecule has 1 saturated carbocycles. The summed E-state index contributed by atoms with van der Waals surface area (Å²) in [6, 6.07) is 0. The van der Waals surface area contributed by atoms with E-state index in [-0.39, 0.29) is 36.3 Å². The second-order valence-electron chi connectivity index (χ2n) is 4.14. The second-order valence-corrected chi connectivity index (χ2v) is 4.14. The minimum atomic E-state index is -0.233. The van der Waals surface area contributed by atoms with Crippen LogP contribution in [0.2, 0.25) is 0 Å². The van der Waals surface area contributed by atoms with Gasteiger partial charge in [-0.15, -0.1) is 12.4 Å². The predicted octanol–water partition coefficient (Wildman–Crippen LogP) is 0.280. The van der Waals surface area contributed by atoms with E-state index in [1.54, 1.807) is 6.92 Å². The van der Waals surface area contributed by atoms with Crippen molar-refractivity contribution in [1.82, 2.24) is 5.32 Å². The molecule has 1 rings (SSSR count). The summed E-state index contributed by atoms with van der Waals surface area (Å²) in [7, 11) is 0. The maximum Gasteiger partial charge on any atom is 0.224 e. The number of halogens is 1. The highest BCUT2D eigenvalue weighted by Gasteiger charge is 2.25. The lowest BCUT2D eigenvalue weighted by Crippen LogP contribution is -2.37. The number of carbonyl (C=O) groups excluding carboxylic acids is 1. The Kier molecular flexibility index (Phi) is 6.89. The molecule has 1 aliphatic carbocycles. The summed E-state index contributed by atoms with van der Waals surface area (Å²) in [5, 5.41) is 12.3. The Balaban J connectivity index is 0.00000196. The SMILES string of the molecule is CC(CN)C(=O)NCC1CCCC1O.Cl. The van der Waals surface area contributed by atoms with Crippen molar-refractivity contribution in [3.8, 4) is 0 Å². The molecular formula is C10H21ClN2O2. The second kappa shape index (κ2) is 7.04. The van der Waals surface area contributed by atoms with Gasteiger partial charge in [0.1, 0.15) is 0 Å². The molecule has 0 bridgehead atoms. The van der Waals surface area contributed by atoms with Crippen LogP contribution in [0.25, 0.3) is 0 Å². The van der Waals surface area contributed by atoms with Gasteiger partial charge in [-0.3, -0.25) is 4.79 Å². The number of nitrogens with one attached hydrogen (secondary N) is 1. The first-order valence-corrected chi connectivity index (χ1v) is 5.31. The summed E-state index contributed by atoms with van der Waals surface area (Å²) in [5.74, 6) is 0.101. The number of nitrogens with two attached hydrogens (primary N) is 1. The van der Waals surface area contributed by atoms with E-state index in [2.05, 4.69) is 5.32 Å². The molecule has 0 radical (unpaired) electrons. The van der Waals surface area contributed by atoms with Gasteiger partial charge in [0.2, 0.25) is 5.91 Å². The smallest absolute Gasteiger partial charge is 0.224 e. The van der Waals surface area contributed by atoms with E-state index in [1.807, 2.05) is 0 Å². The molecule has 0 spiro atoms. The molecule has 0 heterocycles. The summed E-state index contributed by atoms with van der Waals surface area (Å²) >= 11 is 0. The van der Waals surface area contributed by atoms with Crippen LogP contribution in [0, 0.1) is 11.8 Å². The standard InChI is InChI=1S/C10H20N2O2.ClH/c1-7(5-11)10(14)12-6-8-3-2-4-9(8)13;/h7-9,13H,2-6,11H2,1H3,(H,12,14);1H. The maximum absolute atomic E-state index is 11.4. The zero-order chi connectivity index (χ0) is 10.6. The molecule has 0 aromatic carbocycles. The van der Waals surface area contributed by atoms with Gasteiger partial charge >= 0.3 is 0 Å². The molecule has 0 aliphatic heterocycles. The van der Waals surface area contributed by atoms with Gasteiger partial charge in [0, 0.05) is 24.9 Å². The van der Waals surface area contributed by atoms with Crippen LogP contribution in [0.3, 0.4) is 0 Å². The van der Waals surface area contributed by atoms with Crippen molar-refractivity contribution in [2.75, 3.05) is 13.1 Å². The van der Waals surface area contributed by atoms with Crippen molar-refractivity contribution in [2.45, 2.75) is 32.3 Å². The van der Waals surface area contributed by atoms with Crippen LogP contribution in [-0.2, 0) is 4.79 Å². The lowest BCUT2D eigenvalue weighted by atomic mass is 10.1. The van der Waals surface area contributed by atoms with Crippen molar-refractivity contribution in [2.24, 2.45) is 17.6 Å². The Labute approximate surface area is 97.0 Å². The van der Waals surface area contributed by atoms with Gasteiger partial charge in [-0.1, -0.05) is 13.3 Å². The molecule has 1 amide bonds. The maximum atomic E-state index is 11.4. The number of hydrogen-bond acceptors (Lipinski definition) is 3. The third kappa shape index (κ3) is 4.36. The third-order valence-corrected chi connectivity index (χ3v) is 2.96. The Bertz CT molecular complexity index is 202. The molecule has 3 unspecified atom stereocenters. The van der Waals surface area contributed by atoms with Gasteiger partial charge in [-0.2, -0.15) is 0 Å². The van der Waals surface area contributed by atoms with Crippen LogP contribution in [0.5, 0.6) is 0 Å². The van der Waals surface area contributed by atoms with E-state index in [4.69, 9.17) is 5.73 Å². The van der Waals surface area contributed by atoms with Gasteiger partial charge < -0.3 is 16.2 Å². The topological polar surface area (TPSA) is 75.4 Å². The molecule has 0 aromatic rings. The minimum Gasteiger partial charge on any atom is -0.393 e. The summed E-state index contributed by atoms with van der Waals surface area (Å²) in [5.41, 5.74) is 5.37. The van der Waals surface area contributed by atoms with Gasteiger partial charge in [0.25, 0.3) is 0 Å². The average molecular weight is 237 g/mol. The highest BCUT2D eigenvalue weighted by molar-refractivity contribution is 5.85. The van der Waals surface area contributed by atoms with Crippen molar-refractivity contribution < 1.29 is 9.90 Å². The Hall–Kier alpha value is -0.320. The highest BCUT2D eigenvalue weighted by Crippen LogP contribution is 2.24. The zero-order valence-corrected chi connectivity index (χ0v) is 9.93. The van der Waals surface area contributed by atoms with Crippen molar-refractivity contribution in [1.29, 1.82) is 0 Å². The number of hydrogen-bond donors (Lipinski definition) is 3. The van der Waals surface area contributed by atoms with E-state index in [1.165, 1.54) is 0 Å². The molecule has 4 N–H and O–H groups in total. The molecule has 15 heavy (non-hydrogen) atoms. The van der Waals surface area contributed by atoms with Gasteiger partial charge in [0.05, 0.1) is 6.10 Å². The van der Waals surface area contributed by atoms with Crippen molar-refractivity contribution in [3.05, 3.63) is 0 Å². The highest BCUT2D eigenvalue weighted by atomic mass is 35.5. The fourth-order valence-electron chi connectivity index (χ4n) is 1.77. The molecule has 4 nitrogen and oxygen atoms in total. The molecule has 1 aliphatic rings. The summed E-state index contributed by atoms with van der Waals surface area (Å²) in [6.07, 6.45) is 2.71. The first-order valence-electron chi connectivity index (χ1n) is 5.31. The van der Waals surface area contributed by atoms with Crippen LogP contribution in [0.15, 0.2) is 0 Å². The average Bonchev–Trinajstić information content (AvgIpc) is 2.59. The van der Waals surface area contributed by atoms with E-state index in [0.29, 0.717) is 13.1 Å². The fourth-order valence-corrected chi connectivity index (χ4v) is 1.77. The van der Waals surface area contributed by atoms with Crippen LogP contribution >= 0.6 is 12.4 Å². The monoisotopic (exact) mass is 236 g/mol. The third-order valence-electron chi connectivity index (χ3n) is 2.96. The molecule has 3 atom stereocenters. The summed E-state index contributed by atoms with van der Waals surface area (Å²) in [6.45, 7) is 2.77.